The zero-order valence-corrected chi connectivity index (χ0v) is 11.3. The molecule has 2 aromatic rings. The Balaban J connectivity index is 1.70. The number of morpholine rings is 1. The molecule has 0 saturated carbocycles. The van der Waals surface area contributed by atoms with Crippen LogP contribution in [0.15, 0.2) is 29.8 Å². The van der Waals surface area contributed by atoms with Gasteiger partial charge >= 0.3 is 0 Å². The molecule has 4 nitrogen and oxygen atoms in total. The molecular weight excluding hydrogens is 246 g/mol. The summed E-state index contributed by atoms with van der Waals surface area (Å²) in [6.07, 6.45) is 2.05. The first-order chi connectivity index (χ1) is 8.83. The molecule has 0 aliphatic carbocycles. The van der Waals surface area contributed by atoms with Crippen LogP contribution in [0.5, 0.6) is 0 Å². The fraction of sp³-hybridized carbons (Fsp3) is 0.462. The number of hydrogen-bond donors (Lipinski definition) is 0. The van der Waals surface area contributed by atoms with Crippen molar-refractivity contribution in [2.45, 2.75) is 19.6 Å². The fourth-order valence-electron chi connectivity index (χ4n) is 2.15. The number of nitrogens with zero attached hydrogens (tertiary/aromatic N) is 3. The second-order valence-corrected chi connectivity index (χ2v) is 5.54. The van der Waals surface area contributed by atoms with Gasteiger partial charge in [-0.1, -0.05) is 6.07 Å². The van der Waals surface area contributed by atoms with Gasteiger partial charge in [0.2, 0.25) is 0 Å². The van der Waals surface area contributed by atoms with Crippen LogP contribution in [0.3, 0.4) is 0 Å². The lowest BCUT2D eigenvalue weighted by Gasteiger charge is -2.32. The molecule has 0 spiro atoms. The molecule has 96 valence electrons. The predicted molar refractivity (Wildman–Crippen MR) is 72.5 cm³/mol. The minimum atomic E-state index is 0.466. The lowest BCUT2D eigenvalue weighted by atomic mass is 10.3. The summed E-state index contributed by atoms with van der Waals surface area (Å²) in [7, 11) is 0. The van der Waals surface area contributed by atoms with Gasteiger partial charge in [0.15, 0.2) is 0 Å². The van der Waals surface area contributed by atoms with Crippen molar-refractivity contribution < 1.29 is 4.74 Å². The van der Waals surface area contributed by atoms with E-state index in [-0.39, 0.29) is 0 Å². The largest absolute Gasteiger partial charge is 0.379 e. The molecule has 0 N–H and O–H groups in total. The Hall–Kier alpha value is -1.17. The molecule has 0 radical (unpaired) electrons. The smallest absolute Gasteiger partial charge is 0.102 e. The maximum Gasteiger partial charge on any atom is 0.102 e. The second-order valence-electron chi connectivity index (χ2n) is 4.60. The van der Waals surface area contributed by atoms with E-state index in [1.807, 2.05) is 4.68 Å². The molecule has 1 aliphatic rings. The lowest BCUT2D eigenvalue weighted by Crippen LogP contribution is -2.44. The van der Waals surface area contributed by atoms with E-state index in [2.05, 4.69) is 46.7 Å². The highest BCUT2D eigenvalue weighted by Gasteiger charge is 2.19. The molecule has 1 saturated heterocycles. The highest BCUT2D eigenvalue weighted by Crippen LogP contribution is 2.22. The topological polar surface area (TPSA) is 30.3 Å². The van der Waals surface area contributed by atoms with Crippen LogP contribution in [0.4, 0.5) is 0 Å². The van der Waals surface area contributed by atoms with Crippen LogP contribution in [0.2, 0.25) is 0 Å². The summed E-state index contributed by atoms with van der Waals surface area (Å²) < 4.78 is 7.45. The van der Waals surface area contributed by atoms with Crippen molar-refractivity contribution in [2.24, 2.45) is 0 Å². The minimum absolute atomic E-state index is 0.466. The molecular formula is C13H17N3OS. The van der Waals surface area contributed by atoms with E-state index in [1.165, 1.54) is 4.88 Å². The van der Waals surface area contributed by atoms with E-state index < -0.39 is 0 Å². The summed E-state index contributed by atoms with van der Waals surface area (Å²) in [5.74, 6) is 0. The van der Waals surface area contributed by atoms with Crippen LogP contribution in [-0.2, 0) is 11.4 Å². The van der Waals surface area contributed by atoms with Gasteiger partial charge in [0.25, 0.3) is 0 Å². The monoisotopic (exact) mass is 263 g/mol. The molecule has 3 heterocycles. The molecule has 1 atom stereocenters. The van der Waals surface area contributed by atoms with Crippen LogP contribution in [-0.4, -0.2) is 40.5 Å². The third kappa shape index (κ3) is 2.48. The molecule has 1 fully saturated rings. The maximum atomic E-state index is 5.44. The van der Waals surface area contributed by atoms with Crippen LogP contribution in [0, 0.1) is 0 Å². The Morgan fingerprint density at radius 1 is 1.50 bits per heavy atom. The number of rotatable bonds is 3. The third-order valence-corrected chi connectivity index (χ3v) is 4.14. The van der Waals surface area contributed by atoms with Gasteiger partial charge in [-0.3, -0.25) is 9.58 Å². The van der Waals surface area contributed by atoms with E-state index >= 15 is 0 Å². The molecule has 0 bridgehead atoms. The van der Waals surface area contributed by atoms with E-state index in [1.54, 1.807) is 11.3 Å². The van der Waals surface area contributed by atoms with Gasteiger partial charge in [0.1, 0.15) is 5.69 Å². The van der Waals surface area contributed by atoms with Crippen molar-refractivity contribution in [1.29, 1.82) is 0 Å². The normalized spacial score (nSPS) is 21.3. The van der Waals surface area contributed by atoms with Gasteiger partial charge in [-0.05, 0) is 24.4 Å². The van der Waals surface area contributed by atoms with Gasteiger partial charge in [-0.25, -0.2) is 0 Å². The summed E-state index contributed by atoms with van der Waals surface area (Å²) in [6, 6.07) is 6.71. The molecule has 0 aromatic carbocycles. The minimum Gasteiger partial charge on any atom is -0.379 e. The van der Waals surface area contributed by atoms with Crippen molar-refractivity contribution in [1.82, 2.24) is 14.7 Å². The van der Waals surface area contributed by atoms with Crippen LogP contribution in [0.1, 0.15) is 6.92 Å². The second kappa shape index (κ2) is 5.22. The first-order valence-electron chi connectivity index (χ1n) is 6.22. The summed E-state index contributed by atoms with van der Waals surface area (Å²) in [6.45, 7) is 5.66. The zero-order chi connectivity index (χ0) is 12.4. The molecule has 0 amide bonds. The standard InChI is InChI=1S/C13H17N3OS/c1-11-9-17-7-6-15(11)10-16-5-4-12(14-16)13-3-2-8-18-13/h2-5,8,11H,6-7,9-10H2,1H3/t11-/m1/s1. The van der Waals surface area contributed by atoms with Gasteiger partial charge in [-0.15, -0.1) is 11.3 Å². The van der Waals surface area contributed by atoms with Crippen molar-refractivity contribution in [3.63, 3.8) is 0 Å². The SMILES string of the molecule is C[C@@H]1COCCN1Cn1ccc(-c2cccs2)n1. The molecule has 1 aliphatic heterocycles. The quantitative estimate of drug-likeness (QED) is 0.851. The fourth-order valence-corrected chi connectivity index (χ4v) is 2.84. The van der Waals surface area contributed by atoms with Crippen molar-refractivity contribution >= 4 is 11.3 Å². The van der Waals surface area contributed by atoms with E-state index in [0.717, 1.165) is 32.1 Å². The maximum absolute atomic E-state index is 5.44. The molecule has 0 unspecified atom stereocenters. The average molecular weight is 263 g/mol. The molecule has 18 heavy (non-hydrogen) atoms. The lowest BCUT2D eigenvalue weighted by molar-refractivity contribution is -0.0171. The number of thiophene rings is 1. The Morgan fingerprint density at radius 3 is 3.22 bits per heavy atom. The van der Waals surface area contributed by atoms with Gasteiger partial charge in [-0.2, -0.15) is 5.10 Å². The van der Waals surface area contributed by atoms with Crippen LogP contribution >= 0.6 is 11.3 Å². The zero-order valence-electron chi connectivity index (χ0n) is 10.5. The number of hydrogen-bond acceptors (Lipinski definition) is 4. The van der Waals surface area contributed by atoms with E-state index in [4.69, 9.17) is 4.74 Å². The van der Waals surface area contributed by atoms with E-state index in [0.29, 0.717) is 6.04 Å². The van der Waals surface area contributed by atoms with Gasteiger partial charge in [0.05, 0.1) is 24.8 Å². The van der Waals surface area contributed by atoms with Crippen molar-refractivity contribution in [2.75, 3.05) is 19.8 Å². The van der Waals surface area contributed by atoms with Gasteiger partial charge in [0, 0.05) is 18.8 Å². The number of aromatic nitrogens is 2. The van der Waals surface area contributed by atoms with Crippen LogP contribution < -0.4 is 0 Å². The molecule has 5 heteroatoms. The highest BCUT2D eigenvalue weighted by molar-refractivity contribution is 7.13. The summed E-state index contributed by atoms with van der Waals surface area (Å²) in [5.41, 5.74) is 1.06. The van der Waals surface area contributed by atoms with Crippen molar-refractivity contribution in [3.05, 3.63) is 29.8 Å². The Labute approximate surface area is 111 Å². The first kappa shape index (κ1) is 11.9. The average Bonchev–Trinajstić information content (AvgIpc) is 3.02. The predicted octanol–water partition coefficient (Wildman–Crippen LogP) is 2.29. The summed E-state index contributed by atoms with van der Waals surface area (Å²) >= 11 is 1.73. The molecule has 3 rings (SSSR count). The van der Waals surface area contributed by atoms with E-state index in [9.17, 15) is 0 Å². The first-order valence-corrected chi connectivity index (χ1v) is 7.10. The van der Waals surface area contributed by atoms with Crippen LogP contribution in [0.25, 0.3) is 10.6 Å². The molecule has 2 aromatic heterocycles. The summed E-state index contributed by atoms with van der Waals surface area (Å²) in [5, 5.41) is 6.71. The third-order valence-electron chi connectivity index (χ3n) is 3.25. The Morgan fingerprint density at radius 2 is 2.44 bits per heavy atom. The Kier molecular flexibility index (Phi) is 3.45. The van der Waals surface area contributed by atoms with Crippen molar-refractivity contribution in [3.8, 4) is 10.6 Å². The Bertz CT molecular complexity index is 494. The summed E-state index contributed by atoms with van der Waals surface area (Å²) in [4.78, 5) is 3.62. The van der Waals surface area contributed by atoms with Gasteiger partial charge < -0.3 is 4.74 Å². The highest BCUT2D eigenvalue weighted by atomic mass is 32.1. The number of ether oxygens (including phenoxy) is 1.